The van der Waals surface area contributed by atoms with Crippen LogP contribution in [0.4, 0.5) is 8.78 Å². The highest BCUT2D eigenvalue weighted by Crippen LogP contribution is 2.39. The van der Waals surface area contributed by atoms with E-state index in [-0.39, 0.29) is 23.2 Å². The van der Waals surface area contributed by atoms with Crippen molar-refractivity contribution in [2.45, 2.75) is 42.5 Å². The van der Waals surface area contributed by atoms with Gasteiger partial charge in [0.2, 0.25) is 0 Å². The SMILES string of the molecule is O=P(O)(O)CCCNCc1ccc(SCCCCC2(c3ccccc3F)COC2)c(F)c1. The number of ether oxygens (including phenoxy) is 1. The van der Waals surface area contributed by atoms with E-state index in [0.717, 1.165) is 36.1 Å². The van der Waals surface area contributed by atoms with Gasteiger partial charge in [-0.3, -0.25) is 4.57 Å². The zero-order valence-corrected chi connectivity index (χ0v) is 19.6. The number of hydrogen-bond acceptors (Lipinski definition) is 4. The fraction of sp³-hybridized carbons (Fsp3) is 0.478. The summed E-state index contributed by atoms with van der Waals surface area (Å²) >= 11 is 1.48. The van der Waals surface area contributed by atoms with Crippen molar-refractivity contribution < 1.29 is 27.9 Å². The minimum Gasteiger partial charge on any atom is -0.379 e. The maximum Gasteiger partial charge on any atom is 0.325 e. The highest BCUT2D eigenvalue weighted by Gasteiger charge is 2.41. The minimum absolute atomic E-state index is 0.154. The summed E-state index contributed by atoms with van der Waals surface area (Å²) in [4.78, 5) is 18.3. The standard InChI is InChI=1S/C23H30F2NO4PS/c24-20-7-2-1-6-19(20)23(16-30-17-23)10-3-4-13-32-22-9-8-18(14-21(22)25)15-26-11-5-12-31(27,28)29/h1-2,6-9,14,26H,3-5,10-13,15-17H2,(H2,27,28,29). The molecule has 1 aliphatic heterocycles. The van der Waals surface area contributed by atoms with Crippen LogP contribution in [0.1, 0.15) is 36.8 Å². The Morgan fingerprint density at radius 2 is 1.84 bits per heavy atom. The summed E-state index contributed by atoms with van der Waals surface area (Å²) in [6, 6.07) is 12.0. The Bertz CT molecular complexity index is 936. The fourth-order valence-corrected chi connectivity index (χ4v) is 5.34. The zero-order valence-electron chi connectivity index (χ0n) is 17.9. The third-order valence-corrected chi connectivity index (χ3v) is 7.67. The van der Waals surface area contributed by atoms with E-state index in [1.807, 2.05) is 18.2 Å². The van der Waals surface area contributed by atoms with Crippen LogP contribution in [0, 0.1) is 11.6 Å². The third-order valence-electron chi connectivity index (χ3n) is 5.64. The Hall–Kier alpha value is -1.28. The maximum absolute atomic E-state index is 14.4. The van der Waals surface area contributed by atoms with Crippen LogP contribution < -0.4 is 5.32 Å². The second-order valence-electron chi connectivity index (χ2n) is 8.24. The molecule has 0 unspecified atom stereocenters. The summed E-state index contributed by atoms with van der Waals surface area (Å²) < 4.78 is 44.8. The molecule has 0 saturated carbocycles. The van der Waals surface area contributed by atoms with E-state index in [9.17, 15) is 13.3 Å². The average Bonchev–Trinajstić information content (AvgIpc) is 2.70. The number of halogens is 2. The van der Waals surface area contributed by atoms with E-state index in [4.69, 9.17) is 14.5 Å². The first-order valence-electron chi connectivity index (χ1n) is 10.8. The molecule has 0 spiro atoms. The number of rotatable bonds is 13. The van der Waals surface area contributed by atoms with Gasteiger partial charge in [-0.05, 0) is 60.9 Å². The van der Waals surface area contributed by atoms with Gasteiger partial charge in [0.25, 0.3) is 0 Å². The summed E-state index contributed by atoms with van der Waals surface area (Å²) in [7, 11) is -3.96. The van der Waals surface area contributed by atoms with E-state index < -0.39 is 7.60 Å². The Labute approximate surface area is 192 Å². The lowest BCUT2D eigenvalue weighted by atomic mass is 9.74. The first-order valence-corrected chi connectivity index (χ1v) is 13.6. The van der Waals surface area contributed by atoms with Crippen molar-refractivity contribution in [2.75, 3.05) is 31.7 Å². The lowest BCUT2D eigenvalue weighted by molar-refractivity contribution is -0.0668. The first kappa shape index (κ1) is 25.3. The molecule has 0 atom stereocenters. The molecule has 0 amide bonds. The van der Waals surface area contributed by atoms with Crippen LogP contribution >= 0.6 is 19.4 Å². The molecule has 3 N–H and O–H groups in total. The smallest absolute Gasteiger partial charge is 0.325 e. The predicted octanol–water partition coefficient (Wildman–Crippen LogP) is 4.85. The Kier molecular flexibility index (Phi) is 9.29. The Morgan fingerprint density at radius 1 is 1.06 bits per heavy atom. The second-order valence-corrected chi connectivity index (χ2v) is 11.2. The highest BCUT2D eigenvalue weighted by atomic mass is 32.2. The quantitative estimate of drug-likeness (QED) is 0.214. The molecular weight excluding hydrogens is 455 g/mol. The van der Waals surface area contributed by atoms with Crippen molar-refractivity contribution in [2.24, 2.45) is 0 Å². The van der Waals surface area contributed by atoms with Crippen LogP contribution in [0.15, 0.2) is 47.4 Å². The summed E-state index contributed by atoms with van der Waals surface area (Å²) in [5, 5.41) is 3.07. The van der Waals surface area contributed by atoms with E-state index in [2.05, 4.69) is 5.32 Å². The Balaban J connectivity index is 1.38. The van der Waals surface area contributed by atoms with Crippen LogP contribution in [-0.2, 0) is 21.3 Å². The Morgan fingerprint density at radius 3 is 2.50 bits per heavy atom. The van der Waals surface area contributed by atoms with E-state index in [1.165, 1.54) is 23.9 Å². The van der Waals surface area contributed by atoms with Gasteiger partial charge in [0.05, 0.1) is 19.4 Å². The normalized spacial score (nSPS) is 15.5. The number of nitrogens with one attached hydrogen (secondary N) is 1. The monoisotopic (exact) mass is 485 g/mol. The summed E-state index contributed by atoms with van der Waals surface area (Å²) in [6.45, 7) is 2.00. The highest BCUT2D eigenvalue weighted by molar-refractivity contribution is 7.99. The number of hydrogen-bond donors (Lipinski definition) is 3. The molecular formula is C23H30F2NO4PS. The molecule has 1 fully saturated rings. The van der Waals surface area contributed by atoms with Crippen molar-refractivity contribution in [3.05, 3.63) is 65.2 Å². The molecule has 0 radical (unpaired) electrons. The molecule has 2 aromatic rings. The van der Waals surface area contributed by atoms with Crippen molar-refractivity contribution in [3.8, 4) is 0 Å². The molecule has 2 aromatic carbocycles. The molecule has 32 heavy (non-hydrogen) atoms. The van der Waals surface area contributed by atoms with Gasteiger partial charge in [-0.15, -0.1) is 11.8 Å². The summed E-state index contributed by atoms with van der Waals surface area (Å²) in [5.74, 6) is 0.342. The minimum atomic E-state index is -3.96. The van der Waals surface area contributed by atoms with Gasteiger partial charge in [0, 0.05) is 16.9 Å². The van der Waals surface area contributed by atoms with Gasteiger partial charge >= 0.3 is 7.60 Å². The fourth-order valence-electron chi connectivity index (χ4n) is 3.84. The third kappa shape index (κ3) is 7.37. The predicted molar refractivity (Wildman–Crippen MR) is 123 cm³/mol. The molecule has 1 heterocycles. The average molecular weight is 486 g/mol. The molecule has 0 bridgehead atoms. The summed E-state index contributed by atoms with van der Waals surface area (Å²) in [6.07, 6.45) is 2.89. The van der Waals surface area contributed by atoms with Crippen molar-refractivity contribution in [1.82, 2.24) is 5.32 Å². The van der Waals surface area contributed by atoms with Gasteiger partial charge in [-0.1, -0.05) is 30.7 Å². The topological polar surface area (TPSA) is 78.8 Å². The summed E-state index contributed by atoms with van der Waals surface area (Å²) in [5.41, 5.74) is 1.29. The number of benzene rings is 2. The number of thioether (sulfide) groups is 1. The second kappa shape index (κ2) is 11.7. The lowest BCUT2D eigenvalue weighted by Gasteiger charge is -2.42. The van der Waals surface area contributed by atoms with Gasteiger partial charge in [-0.25, -0.2) is 8.78 Å². The van der Waals surface area contributed by atoms with Crippen molar-refractivity contribution in [1.29, 1.82) is 0 Å². The molecule has 0 aliphatic carbocycles. The van der Waals surface area contributed by atoms with E-state index in [1.54, 1.807) is 12.1 Å². The zero-order chi connectivity index (χ0) is 23.0. The molecule has 1 aliphatic rings. The van der Waals surface area contributed by atoms with Crippen molar-refractivity contribution in [3.63, 3.8) is 0 Å². The van der Waals surface area contributed by atoms with Crippen molar-refractivity contribution >= 4 is 19.4 Å². The van der Waals surface area contributed by atoms with E-state index >= 15 is 0 Å². The van der Waals surface area contributed by atoms with Crippen LogP contribution in [0.25, 0.3) is 0 Å². The van der Waals surface area contributed by atoms with E-state index in [0.29, 0.717) is 37.6 Å². The number of unbranched alkanes of at least 4 members (excludes halogenated alkanes) is 1. The van der Waals surface area contributed by atoms with Crippen LogP contribution in [0.5, 0.6) is 0 Å². The first-order chi connectivity index (χ1) is 15.3. The van der Waals surface area contributed by atoms with Crippen LogP contribution in [0.3, 0.4) is 0 Å². The van der Waals surface area contributed by atoms with Gasteiger partial charge in [-0.2, -0.15) is 0 Å². The molecule has 9 heteroatoms. The van der Waals surface area contributed by atoms with Gasteiger partial charge in [0.15, 0.2) is 0 Å². The van der Waals surface area contributed by atoms with Gasteiger partial charge in [0.1, 0.15) is 11.6 Å². The molecule has 5 nitrogen and oxygen atoms in total. The van der Waals surface area contributed by atoms with Gasteiger partial charge < -0.3 is 19.8 Å². The molecule has 176 valence electrons. The molecule has 0 aromatic heterocycles. The molecule has 1 saturated heterocycles. The van der Waals surface area contributed by atoms with Crippen LogP contribution in [0.2, 0.25) is 0 Å². The largest absolute Gasteiger partial charge is 0.379 e. The van der Waals surface area contributed by atoms with Crippen LogP contribution in [-0.4, -0.2) is 41.5 Å². The lowest BCUT2D eigenvalue weighted by Crippen LogP contribution is -2.47. The maximum atomic E-state index is 14.4. The molecule has 3 rings (SSSR count).